The van der Waals surface area contributed by atoms with Gasteiger partial charge >= 0.3 is 5.97 Å². The Hall–Kier alpha value is -3.68. The summed E-state index contributed by atoms with van der Waals surface area (Å²) >= 11 is 0. The van der Waals surface area contributed by atoms with Crippen LogP contribution in [0.1, 0.15) is 57.4 Å². The molecule has 3 heterocycles. The van der Waals surface area contributed by atoms with Crippen molar-refractivity contribution in [1.29, 1.82) is 0 Å². The van der Waals surface area contributed by atoms with Gasteiger partial charge in [-0.2, -0.15) is 0 Å². The van der Waals surface area contributed by atoms with Gasteiger partial charge in [-0.15, -0.1) is 0 Å². The van der Waals surface area contributed by atoms with Crippen LogP contribution < -0.4 is 14.4 Å². The van der Waals surface area contributed by atoms with E-state index >= 15 is 0 Å². The smallest absolute Gasteiger partial charge is 0.310 e. The van der Waals surface area contributed by atoms with E-state index in [1.165, 1.54) is 12.1 Å². The molecule has 1 saturated heterocycles. The first kappa shape index (κ1) is 29.3. The predicted octanol–water partition coefficient (Wildman–Crippen LogP) is 6.48. The van der Waals surface area contributed by atoms with Crippen molar-refractivity contribution < 1.29 is 23.4 Å². The Labute approximate surface area is 236 Å². The van der Waals surface area contributed by atoms with Crippen LogP contribution in [0.15, 0.2) is 42.7 Å². The van der Waals surface area contributed by atoms with Crippen molar-refractivity contribution in [2.45, 2.75) is 66.9 Å². The highest BCUT2D eigenvalue weighted by atomic mass is 19.1. The summed E-state index contributed by atoms with van der Waals surface area (Å²) in [6.45, 7) is 14.5. The first-order valence-corrected chi connectivity index (χ1v) is 13.9. The van der Waals surface area contributed by atoms with Gasteiger partial charge in [0.25, 0.3) is 0 Å². The summed E-state index contributed by atoms with van der Waals surface area (Å²) in [5.41, 5.74) is 5.39. The Morgan fingerprint density at radius 2 is 1.75 bits per heavy atom. The van der Waals surface area contributed by atoms with E-state index in [1.807, 2.05) is 39.1 Å². The molecule has 0 radical (unpaired) electrons. The molecule has 0 bridgehead atoms. The summed E-state index contributed by atoms with van der Waals surface area (Å²) in [5, 5.41) is 0. The molecule has 214 valence electrons. The van der Waals surface area contributed by atoms with Gasteiger partial charge in [0.05, 0.1) is 30.1 Å². The maximum atomic E-state index is 13.3. The van der Waals surface area contributed by atoms with Gasteiger partial charge in [0.15, 0.2) is 0 Å². The lowest BCUT2D eigenvalue weighted by atomic mass is 9.82. The van der Waals surface area contributed by atoms with Crippen molar-refractivity contribution in [1.82, 2.24) is 9.97 Å². The maximum absolute atomic E-state index is 13.3. The monoisotopic (exact) mass is 549 g/mol. The topological polar surface area (TPSA) is 73.8 Å². The van der Waals surface area contributed by atoms with E-state index in [1.54, 1.807) is 19.2 Å². The number of esters is 1. The minimum atomic E-state index is -0.286. The minimum Gasteiger partial charge on any atom is -0.490 e. The lowest BCUT2D eigenvalue weighted by molar-refractivity contribution is -0.146. The number of aryl methyl sites for hydroxylation is 2. The molecule has 1 aliphatic rings. The van der Waals surface area contributed by atoms with Crippen LogP contribution in [0.25, 0.3) is 11.3 Å². The number of ether oxygens (including phenoxy) is 3. The Bertz CT molecular complexity index is 1310. The molecule has 0 amide bonds. The average molecular weight is 550 g/mol. The molecule has 4 rings (SSSR count). The molecule has 1 aliphatic heterocycles. The third-order valence-corrected chi connectivity index (χ3v) is 7.25. The van der Waals surface area contributed by atoms with Crippen LogP contribution in [0.5, 0.6) is 11.5 Å². The third kappa shape index (κ3) is 7.49. The van der Waals surface area contributed by atoms with E-state index < -0.39 is 0 Å². The molecule has 0 unspecified atom stereocenters. The van der Waals surface area contributed by atoms with Crippen molar-refractivity contribution in [3.05, 3.63) is 65.4 Å². The largest absolute Gasteiger partial charge is 0.490 e. The molecular weight excluding hydrogens is 509 g/mol. The van der Waals surface area contributed by atoms with Crippen LogP contribution in [0, 0.1) is 25.1 Å². The fraction of sp³-hybridized carbons (Fsp3) is 0.469. The molecule has 0 aliphatic carbocycles. The van der Waals surface area contributed by atoms with E-state index in [9.17, 15) is 9.18 Å². The molecule has 1 fully saturated rings. The number of halogens is 1. The van der Waals surface area contributed by atoms with Crippen molar-refractivity contribution in [2.75, 3.05) is 31.2 Å². The third-order valence-electron chi connectivity index (χ3n) is 7.25. The first-order chi connectivity index (χ1) is 19.0. The van der Waals surface area contributed by atoms with Crippen molar-refractivity contribution in [2.24, 2.45) is 5.41 Å². The van der Waals surface area contributed by atoms with Gasteiger partial charge in [0.2, 0.25) is 0 Å². The molecule has 0 spiro atoms. The Kier molecular flexibility index (Phi) is 9.28. The molecule has 40 heavy (non-hydrogen) atoms. The second-order valence-electron chi connectivity index (χ2n) is 11.4. The summed E-state index contributed by atoms with van der Waals surface area (Å²) in [7, 11) is 0. The van der Waals surface area contributed by atoms with Crippen molar-refractivity contribution >= 4 is 11.7 Å². The van der Waals surface area contributed by atoms with Crippen LogP contribution in [0.4, 0.5) is 10.1 Å². The number of benzene rings is 1. The molecule has 0 atom stereocenters. The number of rotatable bonds is 10. The van der Waals surface area contributed by atoms with Crippen LogP contribution >= 0.6 is 0 Å². The van der Waals surface area contributed by atoms with E-state index in [4.69, 9.17) is 19.2 Å². The number of carbonyl (C=O) groups excluding carboxylic acids is 1. The van der Waals surface area contributed by atoms with E-state index in [2.05, 4.69) is 23.7 Å². The van der Waals surface area contributed by atoms with Gasteiger partial charge in [-0.1, -0.05) is 13.8 Å². The Morgan fingerprint density at radius 1 is 1.02 bits per heavy atom. The molecule has 8 heteroatoms. The quantitative estimate of drug-likeness (QED) is 0.212. The molecule has 7 nitrogen and oxygen atoms in total. The standard InChI is InChI=1S/C32H40FN3O4/c1-21(2)40-30(37)18-26-23(4)34-20-27(31(26)36-13-11-32(5,6)12-14-36)28-9-8-25(19-35-28)38-15-16-39-29-10-7-24(33)17-22(29)3/h7-10,17,19-21H,11-16,18H2,1-6H3. The second kappa shape index (κ2) is 12.7. The van der Waals surface area contributed by atoms with Gasteiger partial charge in [0, 0.05) is 36.1 Å². The molecule has 0 saturated carbocycles. The number of pyridine rings is 2. The van der Waals surface area contributed by atoms with Crippen LogP contribution in [-0.4, -0.2) is 48.3 Å². The fourth-order valence-corrected chi connectivity index (χ4v) is 4.89. The summed E-state index contributed by atoms with van der Waals surface area (Å²) < 4.78 is 30.3. The molecule has 2 aromatic heterocycles. The van der Waals surface area contributed by atoms with E-state index in [-0.39, 0.29) is 29.7 Å². The lowest BCUT2D eigenvalue weighted by Crippen LogP contribution is -2.38. The average Bonchev–Trinajstić information content (AvgIpc) is 2.89. The fourth-order valence-electron chi connectivity index (χ4n) is 4.89. The Morgan fingerprint density at radius 3 is 2.40 bits per heavy atom. The number of carbonyl (C=O) groups is 1. The first-order valence-electron chi connectivity index (χ1n) is 13.9. The van der Waals surface area contributed by atoms with Crippen LogP contribution in [0.3, 0.4) is 0 Å². The van der Waals surface area contributed by atoms with Gasteiger partial charge in [-0.3, -0.25) is 14.8 Å². The van der Waals surface area contributed by atoms with Gasteiger partial charge < -0.3 is 19.1 Å². The summed E-state index contributed by atoms with van der Waals surface area (Å²) in [6.07, 6.45) is 5.64. The molecule has 1 aromatic carbocycles. The highest BCUT2D eigenvalue weighted by molar-refractivity contribution is 5.84. The van der Waals surface area contributed by atoms with Crippen molar-refractivity contribution in [3.8, 4) is 22.8 Å². The molecule has 0 N–H and O–H groups in total. The zero-order valence-electron chi connectivity index (χ0n) is 24.4. The highest BCUT2D eigenvalue weighted by Gasteiger charge is 2.30. The van der Waals surface area contributed by atoms with Gasteiger partial charge in [-0.25, -0.2) is 4.39 Å². The zero-order chi connectivity index (χ0) is 28.9. The number of anilines is 1. The molecular formula is C32H40FN3O4. The Balaban J connectivity index is 1.52. The second-order valence-corrected chi connectivity index (χ2v) is 11.4. The lowest BCUT2D eigenvalue weighted by Gasteiger charge is -2.40. The SMILES string of the molecule is Cc1cc(F)ccc1OCCOc1ccc(-c2cnc(C)c(CC(=O)OC(C)C)c2N2CCC(C)(C)CC2)nc1. The van der Waals surface area contributed by atoms with E-state index in [0.29, 0.717) is 24.7 Å². The van der Waals surface area contributed by atoms with Gasteiger partial charge in [0.1, 0.15) is 30.5 Å². The van der Waals surface area contributed by atoms with E-state index in [0.717, 1.165) is 59.7 Å². The predicted molar refractivity (Wildman–Crippen MR) is 154 cm³/mol. The molecule has 3 aromatic rings. The highest BCUT2D eigenvalue weighted by Crippen LogP contribution is 2.39. The normalized spacial score (nSPS) is 14.8. The van der Waals surface area contributed by atoms with Crippen molar-refractivity contribution in [3.63, 3.8) is 0 Å². The number of hydrogen-bond acceptors (Lipinski definition) is 7. The number of hydrogen-bond donors (Lipinski definition) is 0. The zero-order valence-corrected chi connectivity index (χ0v) is 24.4. The number of nitrogens with zero attached hydrogens (tertiary/aromatic N) is 3. The van der Waals surface area contributed by atoms with Crippen LogP contribution in [-0.2, 0) is 16.0 Å². The number of aromatic nitrogens is 2. The number of piperidine rings is 1. The van der Waals surface area contributed by atoms with Crippen LogP contribution in [0.2, 0.25) is 0 Å². The summed E-state index contributed by atoms with van der Waals surface area (Å²) in [5.74, 6) is 0.702. The van der Waals surface area contributed by atoms with Gasteiger partial charge in [-0.05, 0) is 81.8 Å². The maximum Gasteiger partial charge on any atom is 0.310 e. The summed E-state index contributed by atoms with van der Waals surface area (Å²) in [4.78, 5) is 24.4. The summed E-state index contributed by atoms with van der Waals surface area (Å²) in [6, 6.07) is 8.23. The minimum absolute atomic E-state index is 0.162.